The third kappa shape index (κ3) is 3.49. The number of alkyl halides is 3. The third-order valence-electron chi connectivity index (χ3n) is 4.12. The number of benzene rings is 2. The van der Waals surface area contributed by atoms with Crippen LogP contribution < -0.4 is 10.1 Å². The molecule has 136 valence electrons. The highest BCUT2D eigenvalue weighted by Crippen LogP contribution is 2.30. The molecule has 1 heterocycles. The molecule has 0 aliphatic carbocycles. The van der Waals surface area contributed by atoms with Gasteiger partial charge in [-0.1, -0.05) is 42.5 Å². The van der Waals surface area contributed by atoms with E-state index in [1.54, 1.807) is 37.3 Å². The number of carbonyl (C=O) groups excluding carboxylic acids is 2. The van der Waals surface area contributed by atoms with Gasteiger partial charge >= 0.3 is 12.4 Å². The van der Waals surface area contributed by atoms with Crippen molar-refractivity contribution in [2.45, 2.75) is 25.4 Å². The van der Waals surface area contributed by atoms with Crippen LogP contribution in [0.5, 0.6) is 5.75 Å². The number of halogens is 3. The van der Waals surface area contributed by atoms with Gasteiger partial charge in [-0.2, -0.15) is 0 Å². The molecule has 2 aromatic carbocycles. The van der Waals surface area contributed by atoms with Gasteiger partial charge in [0.25, 0.3) is 5.91 Å². The molecule has 0 bridgehead atoms. The predicted octanol–water partition coefficient (Wildman–Crippen LogP) is 3.55. The zero-order chi connectivity index (χ0) is 18.9. The van der Waals surface area contributed by atoms with Crippen molar-refractivity contribution in [1.82, 2.24) is 10.2 Å². The van der Waals surface area contributed by atoms with Gasteiger partial charge in [0.15, 0.2) is 0 Å². The van der Waals surface area contributed by atoms with Crippen LogP contribution in [0, 0.1) is 0 Å². The maximum absolute atomic E-state index is 12.8. The second-order valence-corrected chi connectivity index (χ2v) is 6.00. The average Bonchev–Trinajstić information content (AvgIpc) is 2.80. The molecule has 3 rings (SSSR count). The number of nitrogens with zero attached hydrogens (tertiary/aromatic N) is 1. The monoisotopic (exact) mass is 364 g/mol. The van der Waals surface area contributed by atoms with Gasteiger partial charge in [-0.25, -0.2) is 4.79 Å². The molecule has 26 heavy (non-hydrogen) atoms. The molecule has 0 saturated carbocycles. The van der Waals surface area contributed by atoms with E-state index in [0.717, 1.165) is 17.0 Å². The summed E-state index contributed by atoms with van der Waals surface area (Å²) >= 11 is 0. The van der Waals surface area contributed by atoms with Gasteiger partial charge in [-0.15, -0.1) is 13.2 Å². The van der Waals surface area contributed by atoms with Crippen LogP contribution in [-0.4, -0.2) is 23.2 Å². The highest BCUT2D eigenvalue weighted by atomic mass is 19.4. The summed E-state index contributed by atoms with van der Waals surface area (Å²) in [5.41, 5.74) is -0.0346. The second-order valence-electron chi connectivity index (χ2n) is 6.00. The first-order valence-corrected chi connectivity index (χ1v) is 7.73. The Morgan fingerprint density at radius 3 is 2.23 bits per heavy atom. The summed E-state index contributed by atoms with van der Waals surface area (Å²) in [6.45, 7) is 1.56. The Kier molecular flexibility index (Phi) is 4.35. The van der Waals surface area contributed by atoms with Crippen molar-refractivity contribution in [3.8, 4) is 5.75 Å². The predicted molar refractivity (Wildman–Crippen MR) is 86.0 cm³/mol. The molecule has 1 atom stereocenters. The number of rotatable bonds is 4. The minimum absolute atomic E-state index is 0.0562. The van der Waals surface area contributed by atoms with Crippen molar-refractivity contribution in [3.05, 3.63) is 65.7 Å². The van der Waals surface area contributed by atoms with Gasteiger partial charge in [0, 0.05) is 0 Å². The van der Waals surface area contributed by atoms with Gasteiger partial charge in [0.1, 0.15) is 11.3 Å². The van der Waals surface area contributed by atoms with Crippen LogP contribution in [0.25, 0.3) is 0 Å². The van der Waals surface area contributed by atoms with Crippen molar-refractivity contribution >= 4 is 11.9 Å². The average molecular weight is 364 g/mol. The van der Waals surface area contributed by atoms with Gasteiger partial charge in [-0.3, -0.25) is 9.69 Å². The maximum atomic E-state index is 12.8. The van der Waals surface area contributed by atoms with Crippen LogP contribution in [0.3, 0.4) is 0 Å². The fraction of sp³-hybridized carbons (Fsp3) is 0.222. The lowest BCUT2D eigenvalue weighted by Gasteiger charge is -2.22. The van der Waals surface area contributed by atoms with Crippen LogP contribution in [0.2, 0.25) is 0 Å². The molecule has 2 aromatic rings. The first-order chi connectivity index (χ1) is 12.2. The topological polar surface area (TPSA) is 58.6 Å². The largest absolute Gasteiger partial charge is 0.573 e. The summed E-state index contributed by atoms with van der Waals surface area (Å²) in [4.78, 5) is 26.1. The molecule has 1 fully saturated rings. The van der Waals surface area contributed by atoms with Crippen molar-refractivity contribution < 1.29 is 27.5 Å². The van der Waals surface area contributed by atoms with Crippen LogP contribution in [0.15, 0.2) is 54.6 Å². The number of imide groups is 1. The Morgan fingerprint density at radius 2 is 1.65 bits per heavy atom. The van der Waals surface area contributed by atoms with E-state index in [1.807, 2.05) is 0 Å². The number of ether oxygens (including phenoxy) is 1. The van der Waals surface area contributed by atoms with Crippen LogP contribution >= 0.6 is 0 Å². The van der Waals surface area contributed by atoms with Crippen molar-refractivity contribution in [1.29, 1.82) is 0 Å². The van der Waals surface area contributed by atoms with Crippen LogP contribution in [-0.2, 0) is 16.9 Å². The standard InChI is InChI=1S/C18H15F3N2O3/c1-17(13-5-3-2-4-6-13)15(24)23(16(25)22-17)11-12-7-9-14(10-8-12)26-18(19,20)21/h2-10H,11H2,1H3,(H,22,25)/t17-/m1/s1. The third-order valence-corrected chi connectivity index (χ3v) is 4.12. The molecule has 1 aliphatic rings. The number of amides is 3. The van der Waals surface area contributed by atoms with E-state index in [9.17, 15) is 22.8 Å². The quantitative estimate of drug-likeness (QED) is 0.844. The van der Waals surface area contributed by atoms with E-state index in [1.165, 1.54) is 12.1 Å². The number of carbonyl (C=O) groups is 2. The highest BCUT2D eigenvalue weighted by molar-refractivity contribution is 6.07. The summed E-state index contributed by atoms with van der Waals surface area (Å²) in [5, 5.41) is 2.67. The van der Waals surface area contributed by atoms with Crippen molar-refractivity contribution in [2.24, 2.45) is 0 Å². The minimum Gasteiger partial charge on any atom is -0.406 e. The fourth-order valence-electron chi connectivity index (χ4n) is 2.79. The Bertz CT molecular complexity index is 822. The maximum Gasteiger partial charge on any atom is 0.573 e. The summed E-state index contributed by atoms with van der Waals surface area (Å²) in [6, 6.07) is 13.3. The summed E-state index contributed by atoms with van der Waals surface area (Å²) in [7, 11) is 0. The van der Waals surface area contributed by atoms with Gasteiger partial charge < -0.3 is 10.1 Å². The van der Waals surface area contributed by atoms with E-state index in [2.05, 4.69) is 10.1 Å². The van der Waals surface area contributed by atoms with Crippen molar-refractivity contribution in [2.75, 3.05) is 0 Å². The molecular weight excluding hydrogens is 349 g/mol. The number of nitrogens with one attached hydrogen (secondary N) is 1. The first-order valence-electron chi connectivity index (χ1n) is 7.73. The molecule has 1 aliphatic heterocycles. The zero-order valence-electron chi connectivity index (χ0n) is 13.7. The molecule has 0 spiro atoms. The Morgan fingerprint density at radius 1 is 1.04 bits per heavy atom. The highest BCUT2D eigenvalue weighted by Gasteiger charge is 2.48. The van der Waals surface area contributed by atoms with E-state index in [4.69, 9.17) is 0 Å². The van der Waals surface area contributed by atoms with E-state index >= 15 is 0 Å². The normalized spacial score (nSPS) is 20.2. The van der Waals surface area contributed by atoms with Crippen molar-refractivity contribution in [3.63, 3.8) is 0 Å². The summed E-state index contributed by atoms with van der Waals surface area (Å²) in [6.07, 6.45) is -4.77. The molecule has 3 amide bonds. The Hall–Kier alpha value is -3.03. The minimum atomic E-state index is -4.77. The molecular formula is C18H15F3N2O3. The molecule has 8 heteroatoms. The number of hydrogen-bond acceptors (Lipinski definition) is 3. The zero-order valence-corrected chi connectivity index (χ0v) is 13.7. The van der Waals surface area contributed by atoms with Gasteiger partial charge in [0.2, 0.25) is 0 Å². The number of hydrogen-bond donors (Lipinski definition) is 1. The SMILES string of the molecule is C[C@]1(c2ccccc2)NC(=O)N(Cc2ccc(OC(F)(F)F)cc2)C1=O. The second kappa shape index (κ2) is 6.36. The smallest absolute Gasteiger partial charge is 0.406 e. The Balaban J connectivity index is 1.76. The lowest BCUT2D eigenvalue weighted by Crippen LogP contribution is -2.40. The fourth-order valence-corrected chi connectivity index (χ4v) is 2.79. The molecule has 0 radical (unpaired) electrons. The molecule has 5 nitrogen and oxygen atoms in total. The van der Waals surface area contributed by atoms with E-state index < -0.39 is 23.8 Å². The molecule has 1 N–H and O–H groups in total. The molecule has 1 saturated heterocycles. The molecule has 0 unspecified atom stereocenters. The first kappa shape index (κ1) is 17.8. The number of urea groups is 1. The summed E-state index contributed by atoms with van der Waals surface area (Å²) in [5.74, 6) is -0.795. The van der Waals surface area contributed by atoms with Gasteiger partial charge in [-0.05, 0) is 30.2 Å². The summed E-state index contributed by atoms with van der Waals surface area (Å²) < 4.78 is 40.4. The van der Waals surface area contributed by atoms with Crippen LogP contribution in [0.4, 0.5) is 18.0 Å². The Labute approximate surface area is 147 Å². The van der Waals surface area contributed by atoms with Gasteiger partial charge in [0.05, 0.1) is 6.54 Å². The lowest BCUT2D eigenvalue weighted by atomic mass is 9.92. The van der Waals surface area contributed by atoms with E-state index in [0.29, 0.717) is 11.1 Å². The van der Waals surface area contributed by atoms with E-state index in [-0.39, 0.29) is 12.3 Å². The lowest BCUT2D eigenvalue weighted by molar-refractivity contribution is -0.274. The molecule has 0 aromatic heterocycles. The van der Waals surface area contributed by atoms with Crippen LogP contribution in [0.1, 0.15) is 18.1 Å².